The molecule has 0 aromatic heterocycles. The van der Waals surface area contributed by atoms with Crippen LogP contribution in [0.5, 0.6) is 0 Å². The Morgan fingerprint density at radius 3 is 2.40 bits per heavy atom. The van der Waals surface area contributed by atoms with Crippen LogP contribution in [0.15, 0.2) is 12.1 Å². The molecule has 0 aliphatic carbocycles. The molecule has 0 atom stereocenters. The summed E-state index contributed by atoms with van der Waals surface area (Å²) in [4.78, 5) is 2.07. The fourth-order valence-electron chi connectivity index (χ4n) is 2.35. The average molecular weight is 311 g/mol. The van der Waals surface area contributed by atoms with Crippen molar-refractivity contribution in [2.45, 2.75) is 13.2 Å². The predicted molar refractivity (Wildman–Crippen MR) is 73.5 cm³/mol. The van der Waals surface area contributed by atoms with E-state index in [9.17, 15) is 12.9 Å². The molecule has 0 radical (unpaired) electrons. The summed E-state index contributed by atoms with van der Waals surface area (Å²) in [5.74, 6) is 0. The molecule has 1 aliphatic heterocycles. The molecule has 0 unspecified atom stereocenters. The number of hydrogen-bond acceptors (Lipinski definition) is 3. The van der Waals surface area contributed by atoms with E-state index in [1.165, 1.54) is 0 Å². The summed E-state index contributed by atoms with van der Waals surface area (Å²) in [5.41, 5.74) is 7.90. The third kappa shape index (κ3) is 4.92. The molecule has 1 heterocycles. The summed E-state index contributed by atoms with van der Waals surface area (Å²) in [6.07, 6.45) is -0.865. The molecule has 0 amide bonds. The number of hydrogen-bond donors (Lipinski definition) is 2. The van der Waals surface area contributed by atoms with E-state index in [1.54, 1.807) is 19.1 Å². The first kappa shape index (κ1) is 18.3. The van der Waals surface area contributed by atoms with Crippen LogP contribution in [0.3, 0.4) is 0 Å². The molecule has 8 heteroatoms. The van der Waals surface area contributed by atoms with Crippen LogP contribution in [0.25, 0.3) is 0 Å². The van der Waals surface area contributed by atoms with E-state index in [4.69, 9.17) is 5.73 Å². The van der Waals surface area contributed by atoms with E-state index in [2.05, 4.69) is 10.2 Å². The van der Waals surface area contributed by atoms with Gasteiger partial charge in [-0.15, -0.1) is 0 Å². The Balaban J connectivity index is 0.00000200. The number of halogens is 3. The molecule has 1 aromatic carbocycles. The van der Waals surface area contributed by atoms with Crippen LogP contribution < -0.4 is 67.3 Å². The zero-order valence-corrected chi connectivity index (χ0v) is 15.0. The first-order valence-corrected chi connectivity index (χ1v) is 6.42. The molecule has 1 fully saturated rings. The van der Waals surface area contributed by atoms with Gasteiger partial charge in [-0.05, 0) is 24.6 Å². The van der Waals surface area contributed by atoms with Crippen molar-refractivity contribution in [3.63, 3.8) is 0 Å². The monoisotopic (exact) mass is 311 g/mol. The minimum atomic E-state index is -4.84. The van der Waals surface area contributed by atoms with Crippen LogP contribution in [0.1, 0.15) is 11.1 Å². The van der Waals surface area contributed by atoms with Crippen molar-refractivity contribution in [2.24, 2.45) is 0 Å². The number of benzene rings is 1. The van der Waals surface area contributed by atoms with Gasteiger partial charge in [0.15, 0.2) is 0 Å². The Hall–Kier alpha value is 0.271. The Morgan fingerprint density at radius 2 is 1.85 bits per heavy atom. The molecule has 0 saturated carbocycles. The van der Waals surface area contributed by atoms with Gasteiger partial charge in [-0.3, -0.25) is 0 Å². The van der Waals surface area contributed by atoms with E-state index < -0.39 is 13.3 Å². The normalized spacial score (nSPS) is 15.9. The second-order valence-electron chi connectivity index (χ2n) is 4.97. The van der Waals surface area contributed by atoms with Gasteiger partial charge in [0.2, 0.25) is 0 Å². The summed E-state index contributed by atoms with van der Waals surface area (Å²) in [6.45, 7) is 0.0676. The van der Waals surface area contributed by atoms with Gasteiger partial charge in [-0.1, -0.05) is 11.9 Å². The second-order valence-corrected chi connectivity index (χ2v) is 4.97. The predicted octanol–water partition coefficient (Wildman–Crippen LogP) is -1.08. The van der Waals surface area contributed by atoms with Gasteiger partial charge < -0.3 is 28.9 Å². The number of anilines is 2. The van der Waals surface area contributed by atoms with Gasteiger partial charge in [-0.2, -0.15) is 0 Å². The molecule has 1 aliphatic rings. The summed E-state index contributed by atoms with van der Waals surface area (Å²) in [6, 6.07) is 3.40. The maximum Gasteiger partial charge on any atom is 1.00 e. The second kappa shape index (κ2) is 7.51. The first-order valence-electron chi connectivity index (χ1n) is 6.42. The molecule has 1 saturated heterocycles. The van der Waals surface area contributed by atoms with Crippen molar-refractivity contribution >= 4 is 18.4 Å². The number of nitrogen functional groups attached to an aromatic ring is 1. The Morgan fingerprint density at radius 1 is 1.25 bits per heavy atom. The average Bonchev–Trinajstić information content (AvgIpc) is 2.34. The molecular formula is C12H18BF3KN3. The van der Waals surface area contributed by atoms with Crippen LogP contribution in [0, 0.1) is 6.92 Å². The van der Waals surface area contributed by atoms with Crippen molar-refractivity contribution in [1.29, 1.82) is 0 Å². The smallest absolute Gasteiger partial charge is 0.449 e. The Kier molecular flexibility index (Phi) is 6.88. The van der Waals surface area contributed by atoms with Gasteiger partial charge in [-0.25, -0.2) is 0 Å². The van der Waals surface area contributed by atoms with Crippen molar-refractivity contribution in [3.05, 3.63) is 23.3 Å². The summed E-state index contributed by atoms with van der Waals surface area (Å²) in [5, 5.41) is 3.21. The zero-order valence-electron chi connectivity index (χ0n) is 11.9. The zero-order chi connectivity index (χ0) is 14.0. The van der Waals surface area contributed by atoms with Crippen LogP contribution >= 0.6 is 0 Å². The van der Waals surface area contributed by atoms with Crippen LogP contribution in [-0.2, 0) is 6.32 Å². The summed E-state index contributed by atoms with van der Waals surface area (Å²) in [7, 11) is 0. The van der Waals surface area contributed by atoms with Gasteiger partial charge >= 0.3 is 58.4 Å². The van der Waals surface area contributed by atoms with Crippen LogP contribution in [-0.4, -0.2) is 33.2 Å². The van der Waals surface area contributed by atoms with E-state index >= 15 is 0 Å². The quantitative estimate of drug-likeness (QED) is 0.551. The molecule has 2 rings (SSSR count). The molecule has 0 spiro atoms. The molecule has 1 aromatic rings. The fourth-order valence-corrected chi connectivity index (χ4v) is 2.35. The number of rotatable bonds is 3. The van der Waals surface area contributed by atoms with E-state index in [0.717, 1.165) is 31.9 Å². The van der Waals surface area contributed by atoms with Gasteiger partial charge in [0.25, 0.3) is 0 Å². The molecule has 20 heavy (non-hydrogen) atoms. The number of nitrogens with one attached hydrogen (secondary N) is 1. The fraction of sp³-hybridized carbons (Fsp3) is 0.500. The number of nitrogens with zero attached hydrogens (tertiary/aromatic N) is 1. The Bertz CT molecular complexity index is 462. The maximum atomic E-state index is 12.6. The SMILES string of the molecule is Cc1c(N)cc(N2CCNCC2)cc1C[B-](F)(F)F.[K+]. The third-order valence-corrected chi connectivity index (χ3v) is 3.47. The van der Waals surface area contributed by atoms with Crippen LogP contribution in [0.4, 0.5) is 24.3 Å². The topological polar surface area (TPSA) is 41.3 Å². The number of nitrogens with two attached hydrogens (primary N) is 1. The summed E-state index contributed by atoms with van der Waals surface area (Å²) < 4.78 is 37.9. The molecule has 106 valence electrons. The third-order valence-electron chi connectivity index (χ3n) is 3.47. The Labute approximate surface area is 159 Å². The van der Waals surface area contributed by atoms with Crippen molar-refractivity contribution in [1.82, 2.24) is 5.32 Å². The van der Waals surface area contributed by atoms with E-state index in [-0.39, 0.29) is 51.4 Å². The van der Waals surface area contributed by atoms with E-state index in [0.29, 0.717) is 16.8 Å². The molecular weight excluding hydrogens is 293 g/mol. The van der Waals surface area contributed by atoms with E-state index in [1.807, 2.05) is 0 Å². The van der Waals surface area contributed by atoms with Crippen molar-refractivity contribution in [2.75, 3.05) is 36.8 Å². The van der Waals surface area contributed by atoms with Crippen molar-refractivity contribution in [3.8, 4) is 0 Å². The minimum absolute atomic E-state index is 0. The van der Waals surface area contributed by atoms with Crippen LogP contribution in [0.2, 0.25) is 0 Å². The summed E-state index contributed by atoms with van der Waals surface area (Å²) >= 11 is 0. The van der Waals surface area contributed by atoms with Gasteiger partial charge in [0, 0.05) is 37.6 Å². The standard InChI is InChI=1S/C12H18BF3N3.K/c1-9-10(8-13(14,15)16)6-11(7-12(9)17)19-4-2-18-3-5-19;/h6-7,18H,2-5,8,17H2,1H3;/q-1;+1. The molecule has 3 nitrogen and oxygen atoms in total. The first-order chi connectivity index (χ1) is 8.87. The van der Waals surface area contributed by atoms with Crippen molar-refractivity contribution < 1.29 is 64.3 Å². The van der Waals surface area contributed by atoms with Gasteiger partial charge in [0.1, 0.15) is 0 Å². The molecule has 0 bridgehead atoms. The maximum absolute atomic E-state index is 12.6. The number of piperazine rings is 1. The van der Waals surface area contributed by atoms with Gasteiger partial charge in [0.05, 0.1) is 0 Å². The minimum Gasteiger partial charge on any atom is -0.449 e. The molecule has 3 N–H and O–H groups in total. The largest absolute Gasteiger partial charge is 1.00 e.